The highest BCUT2D eigenvalue weighted by atomic mass is 16.2. The smallest absolute Gasteiger partial charge is 0.243 e. The number of ketones is 1. The summed E-state index contributed by atoms with van der Waals surface area (Å²) in [7, 11) is 0. The highest BCUT2D eigenvalue weighted by Crippen LogP contribution is 2.19. The largest absolute Gasteiger partial charge is 0.332 e. The van der Waals surface area contributed by atoms with E-state index in [9.17, 15) is 14.4 Å². The van der Waals surface area contributed by atoms with Gasteiger partial charge in [0.2, 0.25) is 11.8 Å². The van der Waals surface area contributed by atoms with Crippen LogP contribution in [0.1, 0.15) is 34.1 Å². The zero-order chi connectivity index (χ0) is 13.9. The van der Waals surface area contributed by atoms with Gasteiger partial charge >= 0.3 is 0 Å². The molecule has 0 bridgehead atoms. The average molecular weight is 254 g/mol. The summed E-state index contributed by atoms with van der Waals surface area (Å²) in [6, 6.07) is 0. The summed E-state index contributed by atoms with van der Waals surface area (Å²) in [5.41, 5.74) is 0.139. The molecule has 102 valence electrons. The molecule has 0 N–H and O–H groups in total. The molecular weight excluding hydrogens is 232 g/mol. The molecule has 1 saturated heterocycles. The molecule has 1 aliphatic rings. The van der Waals surface area contributed by atoms with Gasteiger partial charge in [-0.15, -0.1) is 0 Å². The lowest BCUT2D eigenvalue weighted by molar-refractivity contribution is -0.151. The summed E-state index contributed by atoms with van der Waals surface area (Å²) < 4.78 is 0. The van der Waals surface area contributed by atoms with Crippen molar-refractivity contribution in [3.05, 3.63) is 0 Å². The van der Waals surface area contributed by atoms with Crippen LogP contribution in [-0.4, -0.2) is 53.6 Å². The van der Waals surface area contributed by atoms with Crippen LogP contribution in [0, 0.1) is 5.41 Å². The highest BCUT2D eigenvalue weighted by Gasteiger charge is 2.30. The molecule has 0 aromatic rings. The van der Waals surface area contributed by atoms with Crippen LogP contribution in [0.3, 0.4) is 0 Å². The molecule has 5 nitrogen and oxygen atoms in total. The minimum Gasteiger partial charge on any atom is -0.332 e. The molecule has 1 heterocycles. The quantitative estimate of drug-likeness (QED) is 0.741. The Morgan fingerprint density at radius 3 is 2.11 bits per heavy atom. The van der Waals surface area contributed by atoms with Crippen molar-refractivity contribution < 1.29 is 14.4 Å². The monoisotopic (exact) mass is 254 g/mol. The molecular formula is C13H22N2O3. The molecule has 1 aliphatic heterocycles. The summed E-state index contributed by atoms with van der Waals surface area (Å²) in [5, 5.41) is 0. The van der Waals surface area contributed by atoms with E-state index in [1.165, 1.54) is 11.8 Å². The third-order valence-electron chi connectivity index (χ3n) is 2.90. The summed E-state index contributed by atoms with van der Waals surface area (Å²) in [6.45, 7) is 8.50. The first-order chi connectivity index (χ1) is 8.19. The van der Waals surface area contributed by atoms with E-state index in [1.54, 1.807) is 4.90 Å². The van der Waals surface area contributed by atoms with E-state index in [2.05, 4.69) is 20.8 Å². The third-order valence-corrected chi connectivity index (χ3v) is 2.90. The van der Waals surface area contributed by atoms with Gasteiger partial charge in [-0.1, -0.05) is 20.8 Å². The van der Waals surface area contributed by atoms with Crippen LogP contribution >= 0.6 is 0 Å². The minimum atomic E-state index is -0.140. The fraction of sp³-hybridized carbons (Fsp3) is 0.769. The number of rotatable bonds is 4. The van der Waals surface area contributed by atoms with Gasteiger partial charge in [0, 0.05) is 6.54 Å². The van der Waals surface area contributed by atoms with Gasteiger partial charge in [-0.3, -0.25) is 14.4 Å². The van der Waals surface area contributed by atoms with Crippen molar-refractivity contribution in [2.24, 2.45) is 5.41 Å². The number of hydrogen-bond donors (Lipinski definition) is 0. The second kappa shape index (κ2) is 5.50. The first-order valence-corrected chi connectivity index (χ1v) is 6.24. The van der Waals surface area contributed by atoms with Crippen molar-refractivity contribution in [1.29, 1.82) is 0 Å². The number of carbonyl (C=O) groups excluding carboxylic acids is 3. The number of amides is 2. The lowest BCUT2D eigenvalue weighted by atomic mass is 9.92. The zero-order valence-corrected chi connectivity index (χ0v) is 11.7. The van der Waals surface area contributed by atoms with Crippen molar-refractivity contribution >= 4 is 17.6 Å². The Morgan fingerprint density at radius 1 is 1.11 bits per heavy atom. The van der Waals surface area contributed by atoms with Crippen molar-refractivity contribution in [2.75, 3.05) is 26.2 Å². The predicted octanol–water partition coefficient (Wildman–Crippen LogP) is 0.682. The van der Waals surface area contributed by atoms with Gasteiger partial charge in [0.05, 0.1) is 13.1 Å². The molecule has 1 rings (SSSR count). The topological polar surface area (TPSA) is 57.7 Å². The molecule has 0 saturated carbocycles. The standard InChI is InChI=1S/C13H22N2O3/c1-10(16)7-15-9-11(17)14(8-12(15)18)6-5-13(2,3)4/h5-9H2,1-4H3. The second-order valence-electron chi connectivity index (χ2n) is 6.08. The van der Waals surface area contributed by atoms with Crippen LogP contribution in [0.5, 0.6) is 0 Å². The van der Waals surface area contributed by atoms with Crippen molar-refractivity contribution in [2.45, 2.75) is 34.1 Å². The van der Waals surface area contributed by atoms with E-state index in [0.29, 0.717) is 6.54 Å². The summed E-state index contributed by atoms with van der Waals surface area (Å²) in [5.74, 6) is -0.307. The van der Waals surface area contributed by atoms with Crippen LogP contribution in [0.25, 0.3) is 0 Å². The molecule has 0 atom stereocenters. The first-order valence-electron chi connectivity index (χ1n) is 6.24. The molecule has 0 aromatic carbocycles. The molecule has 0 spiro atoms. The normalized spacial score (nSPS) is 17.3. The first kappa shape index (κ1) is 14.7. The molecule has 0 radical (unpaired) electrons. The highest BCUT2D eigenvalue weighted by molar-refractivity contribution is 5.94. The maximum Gasteiger partial charge on any atom is 0.243 e. The molecule has 0 aliphatic carbocycles. The van der Waals surface area contributed by atoms with Crippen molar-refractivity contribution in [3.8, 4) is 0 Å². The van der Waals surface area contributed by atoms with E-state index < -0.39 is 0 Å². The van der Waals surface area contributed by atoms with Gasteiger partial charge in [-0.25, -0.2) is 0 Å². The minimum absolute atomic E-state index is 0.0303. The van der Waals surface area contributed by atoms with Crippen LogP contribution in [0.15, 0.2) is 0 Å². The maximum atomic E-state index is 11.9. The SMILES string of the molecule is CC(=O)CN1CC(=O)N(CCC(C)(C)C)CC1=O. The lowest BCUT2D eigenvalue weighted by Gasteiger charge is -2.34. The molecule has 0 aromatic heterocycles. The Morgan fingerprint density at radius 2 is 1.61 bits per heavy atom. The van der Waals surface area contributed by atoms with Gasteiger partial charge in [-0.2, -0.15) is 0 Å². The Balaban J connectivity index is 2.54. The van der Waals surface area contributed by atoms with Crippen molar-refractivity contribution in [1.82, 2.24) is 9.80 Å². The van der Waals surface area contributed by atoms with E-state index in [-0.39, 0.29) is 42.6 Å². The van der Waals surface area contributed by atoms with Gasteiger partial charge in [0.15, 0.2) is 0 Å². The molecule has 2 amide bonds. The Hall–Kier alpha value is -1.39. The van der Waals surface area contributed by atoms with E-state index >= 15 is 0 Å². The summed E-state index contributed by atoms with van der Waals surface area (Å²) in [4.78, 5) is 37.6. The molecule has 18 heavy (non-hydrogen) atoms. The van der Waals surface area contributed by atoms with Crippen LogP contribution < -0.4 is 0 Å². The Kier molecular flexibility index (Phi) is 4.48. The van der Waals surface area contributed by atoms with Crippen molar-refractivity contribution in [3.63, 3.8) is 0 Å². The Labute approximate surface area is 108 Å². The van der Waals surface area contributed by atoms with Gasteiger partial charge in [-0.05, 0) is 18.8 Å². The van der Waals surface area contributed by atoms with E-state index in [4.69, 9.17) is 0 Å². The van der Waals surface area contributed by atoms with Gasteiger partial charge in [0.1, 0.15) is 12.3 Å². The fourth-order valence-corrected chi connectivity index (χ4v) is 1.79. The number of nitrogens with zero attached hydrogens (tertiary/aromatic N) is 2. The van der Waals surface area contributed by atoms with Crippen LogP contribution in [-0.2, 0) is 14.4 Å². The average Bonchev–Trinajstić information content (AvgIpc) is 2.19. The van der Waals surface area contributed by atoms with Gasteiger partial charge < -0.3 is 9.80 Å². The number of hydrogen-bond acceptors (Lipinski definition) is 3. The van der Waals surface area contributed by atoms with Crippen LogP contribution in [0.4, 0.5) is 0 Å². The third kappa shape index (κ3) is 4.47. The molecule has 5 heteroatoms. The summed E-state index contributed by atoms with van der Waals surface area (Å²) >= 11 is 0. The maximum absolute atomic E-state index is 11.9. The second-order valence-corrected chi connectivity index (χ2v) is 6.08. The van der Waals surface area contributed by atoms with Crippen LogP contribution in [0.2, 0.25) is 0 Å². The molecule has 1 fully saturated rings. The number of piperazine rings is 1. The summed E-state index contributed by atoms with van der Waals surface area (Å²) in [6.07, 6.45) is 0.860. The Bertz CT molecular complexity index is 358. The number of carbonyl (C=O) groups is 3. The number of Topliss-reactive ketones (excluding diaryl/α,β-unsaturated/α-hetero) is 1. The zero-order valence-electron chi connectivity index (χ0n) is 11.7. The lowest BCUT2D eigenvalue weighted by Crippen LogP contribution is -2.55. The van der Waals surface area contributed by atoms with Gasteiger partial charge in [0.25, 0.3) is 0 Å². The molecule has 0 unspecified atom stereocenters. The van der Waals surface area contributed by atoms with E-state index in [1.807, 2.05) is 0 Å². The van der Waals surface area contributed by atoms with E-state index in [0.717, 1.165) is 6.42 Å². The fourth-order valence-electron chi connectivity index (χ4n) is 1.79. The predicted molar refractivity (Wildman–Crippen MR) is 67.9 cm³/mol.